The second kappa shape index (κ2) is 14.2. The third-order valence-corrected chi connectivity index (χ3v) is 8.10. The molecule has 0 aromatic heterocycles. The number of halogens is 1. The minimum atomic E-state index is -0.803. The van der Waals surface area contributed by atoms with Crippen molar-refractivity contribution in [2.45, 2.75) is 81.7 Å². The average Bonchev–Trinajstić information content (AvgIpc) is 3.02. The van der Waals surface area contributed by atoms with E-state index in [4.69, 9.17) is 5.11 Å². The van der Waals surface area contributed by atoms with Gasteiger partial charge in [-0.1, -0.05) is 60.0 Å². The Labute approximate surface area is 203 Å². The topological polar surface area (TPSA) is 94.8 Å². The Balaban J connectivity index is 1.95. The van der Waals surface area contributed by atoms with Crippen LogP contribution in [0.25, 0.3) is 0 Å². The number of hydrogen-bond donors (Lipinski definition) is 3. The number of Topliss-reactive ketones (excluding diaryl/α,β-unsaturated/α-hetero) is 1. The molecule has 0 spiro atoms. The molecule has 0 radical (unpaired) electrons. The average molecular weight is 528 g/mol. The molecule has 1 aromatic carbocycles. The van der Waals surface area contributed by atoms with Gasteiger partial charge in [0.05, 0.1) is 12.2 Å². The van der Waals surface area contributed by atoms with Crippen molar-refractivity contribution in [3.63, 3.8) is 0 Å². The Bertz CT molecular complexity index is 751. The lowest BCUT2D eigenvalue weighted by atomic mass is 9.89. The van der Waals surface area contributed by atoms with Gasteiger partial charge in [0.1, 0.15) is 5.78 Å². The van der Waals surface area contributed by atoms with E-state index in [-0.39, 0.29) is 35.7 Å². The molecule has 1 saturated carbocycles. The molecule has 178 valence electrons. The van der Waals surface area contributed by atoms with Crippen LogP contribution < -0.4 is 0 Å². The first-order valence-corrected chi connectivity index (χ1v) is 13.3. The molecule has 5 nitrogen and oxygen atoms in total. The van der Waals surface area contributed by atoms with Crippen LogP contribution in [0.15, 0.2) is 40.9 Å². The highest BCUT2D eigenvalue weighted by atomic mass is 79.9. The largest absolute Gasteiger partial charge is 0.481 e. The van der Waals surface area contributed by atoms with Crippen molar-refractivity contribution in [1.29, 1.82) is 0 Å². The van der Waals surface area contributed by atoms with E-state index in [9.17, 15) is 19.8 Å². The van der Waals surface area contributed by atoms with Crippen LogP contribution in [0.3, 0.4) is 0 Å². The number of hydrogen-bond acceptors (Lipinski definition) is 5. The summed E-state index contributed by atoms with van der Waals surface area (Å²) in [7, 11) is 0. The third kappa shape index (κ3) is 8.65. The number of carbonyl (C=O) groups excluding carboxylic acids is 1. The van der Waals surface area contributed by atoms with Gasteiger partial charge in [-0.3, -0.25) is 9.59 Å². The fraction of sp³-hybridized carbons (Fsp3) is 0.600. The van der Waals surface area contributed by atoms with Crippen molar-refractivity contribution in [1.82, 2.24) is 0 Å². The molecule has 1 aliphatic rings. The number of carbonyl (C=O) groups is 2. The molecule has 0 saturated heterocycles. The maximum Gasteiger partial charge on any atom is 0.303 e. The summed E-state index contributed by atoms with van der Waals surface area (Å²) in [5.74, 6) is -0.506. The Hall–Kier alpha value is -1.15. The van der Waals surface area contributed by atoms with Crippen molar-refractivity contribution in [3.05, 3.63) is 46.5 Å². The minimum absolute atomic E-state index is 0.0254. The predicted octanol–water partition coefficient (Wildman–Crippen LogP) is 5.34. The number of benzene rings is 1. The molecule has 3 N–H and O–H groups in total. The highest BCUT2D eigenvalue weighted by Gasteiger charge is 2.41. The smallest absolute Gasteiger partial charge is 0.303 e. The van der Waals surface area contributed by atoms with Gasteiger partial charge in [0, 0.05) is 40.2 Å². The van der Waals surface area contributed by atoms with Crippen LogP contribution in [-0.4, -0.2) is 50.3 Å². The SMILES string of the molecule is CCCCC(c1ccc(Br)cc1)C(O)CS[C@H]1C(O)CC(=O)[C@@H]1CC=CCCCC(=O)O. The molecule has 0 heterocycles. The number of rotatable bonds is 14. The van der Waals surface area contributed by atoms with Gasteiger partial charge in [-0.25, -0.2) is 0 Å². The molecule has 32 heavy (non-hydrogen) atoms. The minimum Gasteiger partial charge on any atom is -0.481 e. The van der Waals surface area contributed by atoms with Gasteiger partial charge < -0.3 is 15.3 Å². The predicted molar refractivity (Wildman–Crippen MR) is 133 cm³/mol. The summed E-state index contributed by atoms with van der Waals surface area (Å²) >= 11 is 4.96. The number of carboxylic acids is 1. The summed E-state index contributed by atoms with van der Waals surface area (Å²) in [6.45, 7) is 2.14. The van der Waals surface area contributed by atoms with Gasteiger partial charge in [0.25, 0.3) is 0 Å². The van der Waals surface area contributed by atoms with E-state index in [0.717, 1.165) is 29.3 Å². The van der Waals surface area contributed by atoms with E-state index >= 15 is 0 Å². The van der Waals surface area contributed by atoms with Crippen LogP contribution in [0.1, 0.15) is 69.8 Å². The standard InChI is InChI=1S/C25H35BrO5S/c1-2-3-8-19(17-11-13-18(26)14-12-17)23(29)16-32-25-20(21(27)15-22(25)28)9-6-4-5-7-10-24(30)31/h4,6,11-14,19-20,22-23,25,28-29H,2-3,5,7-10,15-16H2,1H3,(H,30,31)/t19?,20-,22?,23?,25+/m0/s1. The fourth-order valence-corrected chi connectivity index (χ4v) is 5.92. The number of aliphatic hydroxyl groups is 2. The summed E-state index contributed by atoms with van der Waals surface area (Å²) in [5.41, 5.74) is 1.11. The molecule has 0 bridgehead atoms. The number of aliphatic carboxylic acids is 1. The van der Waals surface area contributed by atoms with Gasteiger partial charge in [-0.05, 0) is 43.4 Å². The molecule has 1 aromatic rings. The van der Waals surface area contributed by atoms with E-state index < -0.39 is 18.2 Å². The number of allylic oxidation sites excluding steroid dienone is 2. The van der Waals surface area contributed by atoms with Crippen molar-refractivity contribution < 1.29 is 24.9 Å². The second-order valence-electron chi connectivity index (χ2n) is 8.50. The molecule has 0 aliphatic heterocycles. The van der Waals surface area contributed by atoms with Crippen LogP contribution in [0.4, 0.5) is 0 Å². The molecule has 2 rings (SSSR count). The molecular weight excluding hydrogens is 492 g/mol. The number of unbranched alkanes of at least 4 members (excludes halogenated alkanes) is 2. The summed E-state index contributed by atoms with van der Waals surface area (Å²) in [4.78, 5) is 23.0. The van der Waals surface area contributed by atoms with Crippen LogP contribution >= 0.6 is 27.7 Å². The molecule has 0 amide bonds. The fourth-order valence-electron chi connectivity index (χ4n) is 4.19. The number of ketones is 1. The number of carboxylic acid groups (broad SMARTS) is 1. The lowest BCUT2D eigenvalue weighted by Crippen LogP contribution is -2.28. The zero-order chi connectivity index (χ0) is 23.5. The number of thioether (sulfide) groups is 1. The van der Waals surface area contributed by atoms with Gasteiger partial charge in [-0.15, -0.1) is 0 Å². The first-order chi connectivity index (χ1) is 15.3. The number of aliphatic hydroxyl groups excluding tert-OH is 2. The molecule has 1 aliphatic carbocycles. The van der Waals surface area contributed by atoms with E-state index in [1.165, 1.54) is 11.8 Å². The lowest BCUT2D eigenvalue weighted by Gasteiger charge is -2.26. The first-order valence-electron chi connectivity index (χ1n) is 11.5. The lowest BCUT2D eigenvalue weighted by molar-refractivity contribution is -0.137. The van der Waals surface area contributed by atoms with Gasteiger partial charge in [-0.2, -0.15) is 11.8 Å². The molecule has 3 unspecified atom stereocenters. The molecule has 5 atom stereocenters. The summed E-state index contributed by atoms with van der Waals surface area (Å²) < 4.78 is 1.01. The molecular formula is C25H35BrO5S. The Kier molecular flexibility index (Phi) is 12.0. The zero-order valence-corrected chi connectivity index (χ0v) is 21.1. The van der Waals surface area contributed by atoms with Crippen molar-refractivity contribution in [2.75, 3.05) is 5.75 Å². The molecule has 1 fully saturated rings. The second-order valence-corrected chi connectivity index (χ2v) is 10.6. The monoisotopic (exact) mass is 526 g/mol. The van der Waals surface area contributed by atoms with Crippen molar-refractivity contribution in [3.8, 4) is 0 Å². The Morgan fingerprint density at radius 2 is 1.97 bits per heavy atom. The quantitative estimate of drug-likeness (QED) is 0.224. The maximum atomic E-state index is 12.4. The highest BCUT2D eigenvalue weighted by molar-refractivity contribution is 9.10. The van der Waals surface area contributed by atoms with Crippen molar-refractivity contribution >= 4 is 39.4 Å². The van der Waals surface area contributed by atoms with Gasteiger partial charge >= 0.3 is 5.97 Å². The van der Waals surface area contributed by atoms with Crippen LogP contribution in [0.5, 0.6) is 0 Å². The summed E-state index contributed by atoms with van der Waals surface area (Å²) in [6, 6.07) is 8.08. The van der Waals surface area contributed by atoms with Crippen LogP contribution in [0.2, 0.25) is 0 Å². The highest BCUT2D eigenvalue weighted by Crippen LogP contribution is 2.37. The van der Waals surface area contributed by atoms with Gasteiger partial charge in [0.15, 0.2) is 0 Å². The normalized spacial score (nSPS) is 23.0. The van der Waals surface area contributed by atoms with Crippen LogP contribution in [-0.2, 0) is 9.59 Å². The van der Waals surface area contributed by atoms with Crippen molar-refractivity contribution in [2.24, 2.45) is 5.92 Å². The summed E-state index contributed by atoms with van der Waals surface area (Å²) in [6.07, 6.45) is 7.68. The van der Waals surface area contributed by atoms with E-state index in [1.807, 2.05) is 36.4 Å². The Morgan fingerprint density at radius 3 is 2.62 bits per heavy atom. The van der Waals surface area contributed by atoms with E-state index in [1.54, 1.807) is 0 Å². The molecule has 7 heteroatoms. The third-order valence-electron chi connectivity index (χ3n) is 6.01. The van der Waals surface area contributed by atoms with E-state index in [0.29, 0.717) is 25.0 Å². The Morgan fingerprint density at radius 1 is 1.25 bits per heavy atom. The van der Waals surface area contributed by atoms with Gasteiger partial charge in [0.2, 0.25) is 0 Å². The zero-order valence-electron chi connectivity index (χ0n) is 18.7. The summed E-state index contributed by atoms with van der Waals surface area (Å²) in [5, 5.41) is 29.9. The first kappa shape index (κ1) is 27.1. The maximum absolute atomic E-state index is 12.4. The van der Waals surface area contributed by atoms with Crippen LogP contribution in [0, 0.1) is 5.92 Å². The van der Waals surface area contributed by atoms with E-state index in [2.05, 4.69) is 22.9 Å².